The summed E-state index contributed by atoms with van der Waals surface area (Å²) in [4.78, 5) is 0. The number of ether oxygens (including phenoxy) is 2. The molecule has 152 valence electrons. The summed E-state index contributed by atoms with van der Waals surface area (Å²) in [7, 11) is 3.21. The maximum atomic E-state index is 6.37. The number of methoxy groups -OCH3 is 2. The van der Waals surface area contributed by atoms with Crippen molar-refractivity contribution in [1.82, 2.24) is 0 Å². The average Bonchev–Trinajstić information content (AvgIpc) is 2.78. The quantitative estimate of drug-likeness (QED) is 0.402. The van der Waals surface area contributed by atoms with E-state index in [1.807, 2.05) is 73.7 Å². The number of aryl methyl sites for hydroxylation is 1. The van der Waals surface area contributed by atoms with Crippen LogP contribution < -0.4 is 20.3 Å². The zero-order chi connectivity index (χ0) is 21.1. The summed E-state index contributed by atoms with van der Waals surface area (Å²) in [6, 6.07) is 21.1. The van der Waals surface area contributed by atoms with Crippen molar-refractivity contribution in [2.45, 2.75) is 6.92 Å². The van der Waals surface area contributed by atoms with Crippen molar-refractivity contribution in [3.63, 3.8) is 0 Å². The second-order valence-electron chi connectivity index (χ2n) is 6.75. The SMILES string of the molecule is COc1ccc(-c2c/c(=N\Nc3ccccc3)c3cc(Cl)c(C)cc3o2)cc1OC. The molecule has 5 nitrogen and oxygen atoms in total. The van der Waals surface area contributed by atoms with Crippen molar-refractivity contribution in [1.29, 1.82) is 0 Å². The number of anilines is 1. The van der Waals surface area contributed by atoms with Crippen molar-refractivity contribution in [3.05, 3.63) is 82.7 Å². The van der Waals surface area contributed by atoms with Crippen LogP contribution in [0.15, 0.2) is 76.2 Å². The Bertz CT molecular complexity index is 1270. The van der Waals surface area contributed by atoms with Crippen molar-refractivity contribution >= 4 is 28.3 Å². The topological polar surface area (TPSA) is 56.0 Å². The lowest BCUT2D eigenvalue weighted by Crippen LogP contribution is -2.08. The van der Waals surface area contributed by atoms with Crippen LogP contribution in [0.5, 0.6) is 11.5 Å². The maximum absolute atomic E-state index is 6.37. The van der Waals surface area contributed by atoms with Crippen molar-refractivity contribution in [3.8, 4) is 22.8 Å². The van der Waals surface area contributed by atoms with E-state index in [9.17, 15) is 0 Å². The van der Waals surface area contributed by atoms with Gasteiger partial charge in [0.05, 0.1) is 25.3 Å². The Kier molecular flexibility index (Phi) is 5.63. The van der Waals surface area contributed by atoms with E-state index in [0.29, 0.717) is 33.2 Å². The van der Waals surface area contributed by atoms with Crippen LogP contribution in [0.2, 0.25) is 5.02 Å². The molecule has 0 unspecified atom stereocenters. The molecule has 0 saturated heterocycles. The number of rotatable bonds is 5. The van der Waals surface area contributed by atoms with Gasteiger partial charge in [0.1, 0.15) is 11.3 Å². The van der Waals surface area contributed by atoms with E-state index < -0.39 is 0 Å². The van der Waals surface area contributed by atoms with Crippen LogP contribution in [0.4, 0.5) is 5.69 Å². The number of hydrogen-bond acceptors (Lipinski definition) is 5. The second kappa shape index (κ2) is 8.51. The van der Waals surface area contributed by atoms with Crippen LogP contribution in [0.3, 0.4) is 0 Å². The number of nitrogens with one attached hydrogen (secondary N) is 1. The number of benzene rings is 3. The summed E-state index contributed by atoms with van der Waals surface area (Å²) in [5, 5.41) is 6.81. The highest BCUT2D eigenvalue weighted by Crippen LogP contribution is 2.33. The molecule has 0 radical (unpaired) electrons. The predicted octanol–water partition coefficient (Wildman–Crippen LogP) is 6.01. The molecule has 3 aromatic carbocycles. The number of nitrogens with zero attached hydrogens (tertiary/aromatic N) is 1. The first-order valence-corrected chi connectivity index (χ1v) is 9.78. The van der Waals surface area contributed by atoms with Crippen LogP contribution in [0.25, 0.3) is 22.3 Å². The van der Waals surface area contributed by atoms with Gasteiger partial charge in [0.25, 0.3) is 0 Å². The molecule has 0 amide bonds. The molecule has 1 heterocycles. The molecular formula is C24H21ClN2O3. The van der Waals surface area contributed by atoms with Crippen LogP contribution in [0, 0.1) is 6.92 Å². The number of halogens is 1. The minimum absolute atomic E-state index is 0.624. The van der Waals surface area contributed by atoms with Gasteiger partial charge >= 0.3 is 0 Å². The highest BCUT2D eigenvalue weighted by atomic mass is 35.5. The van der Waals surface area contributed by atoms with E-state index in [1.54, 1.807) is 14.2 Å². The van der Waals surface area contributed by atoms with Gasteiger partial charge in [0.15, 0.2) is 11.5 Å². The molecule has 0 fully saturated rings. The van der Waals surface area contributed by atoms with Crippen LogP contribution in [-0.4, -0.2) is 14.2 Å². The predicted molar refractivity (Wildman–Crippen MR) is 120 cm³/mol. The smallest absolute Gasteiger partial charge is 0.161 e. The van der Waals surface area contributed by atoms with Gasteiger partial charge < -0.3 is 13.9 Å². The molecule has 0 spiro atoms. The zero-order valence-corrected chi connectivity index (χ0v) is 17.7. The van der Waals surface area contributed by atoms with E-state index in [0.717, 1.165) is 22.2 Å². The summed E-state index contributed by atoms with van der Waals surface area (Å²) in [6.07, 6.45) is 0. The van der Waals surface area contributed by atoms with E-state index >= 15 is 0 Å². The summed E-state index contributed by atoms with van der Waals surface area (Å²) < 4.78 is 17.0. The van der Waals surface area contributed by atoms with Gasteiger partial charge in [0, 0.05) is 22.0 Å². The van der Waals surface area contributed by atoms with Gasteiger partial charge in [-0.05, 0) is 55.0 Å². The second-order valence-corrected chi connectivity index (χ2v) is 7.16. The lowest BCUT2D eigenvalue weighted by Gasteiger charge is -2.11. The Balaban J connectivity index is 1.90. The van der Waals surface area contributed by atoms with Gasteiger partial charge in [0.2, 0.25) is 0 Å². The average molecular weight is 421 g/mol. The Morgan fingerprint density at radius 3 is 2.40 bits per heavy atom. The van der Waals surface area contributed by atoms with Crippen molar-refractivity contribution in [2.75, 3.05) is 19.6 Å². The van der Waals surface area contributed by atoms with Crippen LogP contribution in [-0.2, 0) is 0 Å². The summed E-state index contributed by atoms with van der Waals surface area (Å²) in [5.41, 5.74) is 6.46. The molecule has 0 atom stereocenters. The minimum Gasteiger partial charge on any atom is -0.493 e. The molecule has 6 heteroatoms. The summed E-state index contributed by atoms with van der Waals surface area (Å²) >= 11 is 6.37. The highest BCUT2D eigenvalue weighted by molar-refractivity contribution is 6.32. The van der Waals surface area contributed by atoms with Crippen molar-refractivity contribution < 1.29 is 13.9 Å². The number of fused-ring (bicyclic) bond motifs is 1. The lowest BCUT2D eigenvalue weighted by atomic mass is 10.1. The molecule has 0 saturated carbocycles. The van der Waals surface area contributed by atoms with E-state index in [-0.39, 0.29) is 0 Å². The highest BCUT2D eigenvalue weighted by Gasteiger charge is 2.11. The van der Waals surface area contributed by atoms with E-state index in [4.69, 9.17) is 25.5 Å². The Labute approximate surface area is 179 Å². The molecule has 4 aromatic rings. The van der Waals surface area contributed by atoms with Crippen molar-refractivity contribution in [2.24, 2.45) is 5.10 Å². The molecule has 4 rings (SSSR count). The van der Waals surface area contributed by atoms with Crippen LogP contribution >= 0.6 is 11.6 Å². The van der Waals surface area contributed by atoms with E-state index in [1.165, 1.54) is 0 Å². The molecule has 0 aliphatic carbocycles. The fourth-order valence-electron chi connectivity index (χ4n) is 3.15. The summed E-state index contributed by atoms with van der Waals surface area (Å²) in [6.45, 7) is 1.94. The first kappa shape index (κ1) is 19.9. The van der Waals surface area contributed by atoms with Gasteiger partial charge in [-0.1, -0.05) is 29.8 Å². The zero-order valence-electron chi connectivity index (χ0n) is 16.9. The third kappa shape index (κ3) is 3.98. The Morgan fingerprint density at radius 2 is 1.67 bits per heavy atom. The third-order valence-electron chi connectivity index (χ3n) is 4.77. The van der Waals surface area contributed by atoms with Gasteiger partial charge in [-0.25, -0.2) is 0 Å². The molecule has 0 aliphatic rings. The largest absolute Gasteiger partial charge is 0.493 e. The standard InChI is InChI=1S/C24H21ClN2O3/c1-15-11-23-18(13-19(15)25)20(27-26-17-7-5-4-6-8-17)14-22(30-23)16-9-10-21(28-2)24(12-16)29-3/h4-14,26H,1-3H3/b27-20+. The first-order valence-electron chi connectivity index (χ1n) is 9.40. The van der Waals surface area contributed by atoms with Gasteiger partial charge in [-0.3, -0.25) is 5.43 Å². The minimum atomic E-state index is 0.624. The van der Waals surface area contributed by atoms with Gasteiger partial charge in [-0.2, -0.15) is 5.10 Å². The molecular weight excluding hydrogens is 400 g/mol. The fraction of sp³-hybridized carbons (Fsp3) is 0.125. The summed E-state index contributed by atoms with van der Waals surface area (Å²) in [5.74, 6) is 1.93. The lowest BCUT2D eigenvalue weighted by molar-refractivity contribution is 0.355. The Hall–Kier alpha value is -3.44. The third-order valence-corrected chi connectivity index (χ3v) is 5.18. The molecule has 30 heavy (non-hydrogen) atoms. The molecule has 0 aliphatic heterocycles. The number of hydrogen-bond donors (Lipinski definition) is 1. The molecule has 1 aromatic heterocycles. The first-order chi connectivity index (χ1) is 14.6. The molecule has 1 N–H and O–H groups in total. The fourth-order valence-corrected chi connectivity index (χ4v) is 3.31. The van der Waals surface area contributed by atoms with E-state index in [2.05, 4.69) is 10.5 Å². The Morgan fingerprint density at radius 1 is 0.900 bits per heavy atom. The monoisotopic (exact) mass is 420 g/mol. The van der Waals surface area contributed by atoms with Crippen LogP contribution in [0.1, 0.15) is 5.56 Å². The number of para-hydroxylation sites is 1. The normalized spacial score (nSPS) is 11.5. The maximum Gasteiger partial charge on any atom is 0.161 e. The molecule has 0 bridgehead atoms. The van der Waals surface area contributed by atoms with Gasteiger partial charge in [-0.15, -0.1) is 0 Å².